The molecule has 2 aliphatic rings. The minimum Gasteiger partial charge on any atom is -0.497 e. The molecule has 2 aromatic carbocycles. The number of rotatable bonds is 5. The monoisotopic (exact) mass is 430 g/mol. The predicted octanol–water partition coefficient (Wildman–Crippen LogP) is 2.03. The molecule has 2 saturated heterocycles. The molecule has 0 bridgehead atoms. The summed E-state index contributed by atoms with van der Waals surface area (Å²) in [5.41, 5.74) is 1.41. The van der Waals surface area contributed by atoms with Crippen LogP contribution < -0.4 is 15.4 Å². The molecule has 9 nitrogen and oxygen atoms in total. The first-order valence-corrected chi connectivity index (χ1v) is 9.99. The van der Waals surface area contributed by atoms with Crippen LogP contribution in [0.5, 0.6) is 5.75 Å². The van der Waals surface area contributed by atoms with E-state index in [0.29, 0.717) is 5.69 Å². The summed E-state index contributed by atoms with van der Waals surface area (Å²) in [4.78, 5) is 12.5. The number of aliphatic hydroxyl groups is 1. The number of para-hydroxylation sites is 1. The Kier molecular flexibility index (Phi) is 6.69. The maximum Gasteiger partial charge on any atom is 0.319 e. The number of ether oxygens (including phenoxy) is 5. The van der Waals surface area contributed by atoms with E-state index >= 15 is 0 Å². The summed E-state index contributed by atoms with van der Waals surface area (Å²) in [5, 5.41) is 16.5. The molecule has 0 aliphatic carbocycles. The van der Waals surface area contributed by atoms with E-state index in [0.717, 1.165) is 11.3 Å². The Bertz CT molecular complexity index is 864. The van der Waals surface area contributed by atoms with Crippen LogP contribution in [-0.2, 0) is 18.9 Å². The maximum atomic E-state index is 12.5. The molecule has 3 N–H and O–H groups in total. The molecule has 1 unspecified atom stereocenters. The SMILES string of the molecule is COc1ccc(C2OC[C@H]3O[C@H](OC)[C@H](NC(=O)Nc4ccccc4)[C@@H](O)[C@@H]3O2)cc1. The highest BCUT2D eigenvalue weighted by Crippen LogP contribution is 2.34. The minimum atomic E-state index is -1.07. The van der Waals surface area contributed by atoms with Gasteiger partial charge in [0.15, 0.2) is 12.6 Å². The van der Waals surface area contributed by atoms with E-state index in [4.69, 9.17) is 23.7 Å². The fraction of sp³-hybridized carbons (Fsp3) is 0.409. The molecule has 6 atom stereocenters. The molecule has 4 rings (SSSR count). The summed E-state index contributed by atoms with van der Waals surface area (Å²) in [5.74, 6) is 0.718. The minimum absolute atomic E-state index is 0.210. The lowest BCUT2D eigenvalue weighted by Gasteiger charge is -2.47. The first-order valence-electron chi connectivity index (χ1n) is 9.99. The molecule has 2 amide bonds. The molecule has 2 aromatic rings. The molecule has 2 heterocycles. The van der Waals surface area contributed by atoms with E-state index in [2.05, 4.69) is 10.6 Å². The molecule has 31 heavy (non-hydrogen) atoms. The normalized spacial score (nSPS) is 30.2. The molecule has 0 saturated carbocycles. The van der Waals surface area contributed by atoms with Crippen molar-refractivity contribution in [3.63, 3.8) is 0 Å². The van der Waals surface area contributed by atoms with Crippen LogP contribution in [0.1, 0.15) is 11.9 Å². The Balaban J connectivity index is 1.44. The Hall–Kier alpha value is -2.69. The van der Waals surface area contributed by atoms with Gasteiger partial charge in [0.05, 0.1) is 13.7 Å². The highest BCUT2D eigenvalue weighted by atomic mass is 16.7. The zero-order valence-corrected chi connectivity index (χ0v) is 17.3. The van der Waals surface area contributed by atoms with Gasteiger partial charge >= 0.3 is 6.03 Å². The zero-order valence-electron chi connectivity index (χ0n) is 17.3. The van der Waals surface area contributed by atoms with Gasteiger partial charge in [-0.2, -0.15) is 0 Å². The van der Waals surface area contributed by atoms with Gasteiger partial charge in [-0.05, 0) is 24.3 Å². The Morgan fingerprint density at radius 1 is 1.06 bits per heavy atom. The van der Waals surface area contributed by atoms with Crippen molar-refractivity contribution in [1.82, 2.24) is 5.32 Å². The summed E-state index contributed by atoms with van der Waals surface area (Å²) >= 11 is 0. The number of anilines is 1. The van der Waals surface area contributed by atoms with Crippen LogP contribution in [0.4, 0.5) is 10.5 Å². The molecular weight excluding hydrogens is 404 g/mol. The molecule has 9 heteroatoms. The molecule has 0 spiro atoms. The number of hydrogen-bond donors (Lipinski definition) is 3. The van der Waals surface area contributed by atoms with Gasteiger partial charge in [0.2, 0.25) is 0 Å². The van der Waals surface area contributed by atoms with E-state index in [-0.39, 0.29) is 6.61 Å². The van der Waals surface area contributed by atoms with E-state index < -0.39 is 43.0 Å². The fourth-order valence-electron chi connectivity index (χ4n) is 3.72. The zero-order chi connectivity index (χ0) is 21.8. The highest BCUT2D eigenvalue weighted by Gasteiger charge is 2.50. The predicted molar refractivity (Wildman–Crippen MR) is 111 cm³/mol. The number of amides is 2. The van der Waals surface area contributed by atoms with Gasteiger partial charge in [-0.3, -0.25) is 0 Å². The van der Waals surface area contributed by atoms with Crippen molar-refractivity contribution >= 4 is 11.7 Å². The lowest BCUT2D eigenvalue weighted by atomic mass is 9.96. The van der Waals surface area contributed by atoms with Crippen molar-refractivity contribution in [2.24, 2.45) is 0 Å². The molecule has 2 aliphatic heterocycles. The number of methoxy groups -OCH3 is 2. The average Bonchev–Trinajstić information content (AvgIpc) is 2.81. The number of hydrogen-bond acceptors (Lipinski definition) is 7. The third kappa shape index (κ3) is 4.81. The summed E-state index contributed by atoms with van der Waals surface area (Å²) in [7, 11) is 3.04. The molecule has 2 fully saturated rings. The van der Waals surface area contributed by atoms with Crippen LogP contribution in [0, 0.1) is 0 Å². The fourth-order valence-corrected chi connectivity index (χ4v) is 3.72. The molecular formula is C22H26N2O7. The summed E-state index contributed by atoms with van der Waals surface area (Å²) in [6.07, 6.45) is -3.86. The van der Waals surface area contributed by atoms with Crippen LogP contribution in [0.25, 0.3) is 0 Å². The van der Waals surface area contributed by atoms with Crippen molar-refractivity contribution in [2.75, 3.05) is 26.1 Å². The van der Waals surface area contributed by atoms with Crippen LogP contribution in [-0.4, -0.2) is 62.6 Å². The van der Waals surface area contributed by atoms with E-state index in [1.165, 1.54) is 7.11 Å². The van der Waals surface area contributed by atoms with E-state index in [1.54, 1.807) is 31.4 Å². The number of fused-ring (bicyclic) bond motifs is 1. The average molecular weight is 430 g/mol. The number of aliphatic hydroxyl groups excluding tert-OH is 1. The molecule has 0 radical (unpaired) electrons. The van der Waals surface area contributed by atoms with Gasteiger partial charge in [-0.25, -0.2) is 4.79 Å². The van der Waals surface area contributed by atoms with E-state index in [1.807, 2.05) is 30.3 Å². The quantitative estimate of drug-likeness (QED) is 0.666. The summed E-state index contributed by atoms with van der Waals surface area (Å²) < 4.78 is 28.2. The van der Waals surface area contributed by atoms with Crippen molar-refractivity contribution < 1.29 is 33.6 Å². The van der Waals surface area contributed by atoms with Crippen LogP contribution >= 0.6 is 0 Å². The van der Waals surface area contributed by atoms with Gasteiger partial charge in [-0.1, -0.05) is 30.3 Å². The lowest BCUT2D eigenvalue weighted by Crippen LogP contribution is -2.67. The lowest BCUT2D eigenvalue weighted by molar-refractivity contribution is -0.340. The maximum absolute atomic E-state index is 12.5. The van der Waals surface area contributed by atoms with E-state index in [9.17, 15) is 9.90 Å². The van der Waals surface area contributed by atoms with Crippen LogP contribution in [0.15, 0.2) is 54.6 Å². The Labute approximate surface area is 180 Å². The van der Waals surface area contributed by atoms with Crippen LogP contribution in [0.2, 0.25) is 0 Å². The number of nitrogens with one attached hydrogen (secondary N) is 2. The van der Waals surface area contributed by atoms with Gasteiger partial charge in [0, 0.05) is 18.4 Å². The number of carbonyl (C=O) groups excluding carboxylic acids is 1. The van der Waals surface area contributed by atoms with Gasteiger partial charge < -0.3 is 39.4 Å². The largest absolute Gasteiger partial charge is 0.497 e. The summed E-state index contributed by atoms with van der Waals surface area (Å²) in [6.45, 7) is 0.210. The molecule has 0 aromatic heterocycles. The molecule has 166 valence electrons. The standard InChI is InChI=1S/C22H26N2O7/c1-27-15-10-8-13(9-11-15)20-29-12-16-19(31-20)18(25)17(21(28-2)30-16)24-22(26)23-14-6-4-3-5-7-14/h3-11,16-21,25H,12H2,1-2H3,(H2,23,24,26)/t16-,17-,18-,19-,20?,21+/m1/s1. The Morgan fingerprint density at radius 2 is 1.81 bits per heavy atom. The highest BCUT2D eigenvalue weighted by molar-refractivity contribution is 5.89. The van der Waals surface area contributed by atoms with Crippen LogP contribution in [0.3, 0.4) is 0 Å². The third-order valence-corrected chi connectivity index (χ3v) is 5.32. The van der Waals surface area contributed by atoms with Crippen molar-refractivity contribution in [1.29, 1.82) is 0 Å². The van der Waals surface area contributed by atoms with Crippen molar-refractivity contribution in [3.05, 3.63) is 60.2 Å². The number of urea groups is 1. The van der Waals surface area contributed by atoms with Crippen molar-refractivity contribution in [2.45, 2.75) is 36.9 Å². The Morgan fingerprint density at radius 3 is 2.48 bits per heavy atom. The first kappa shape index (κ1) is 21.5. The number of benzene rings is 2. The number of carbonyl (C=O) groups is 1. The van der Waals surface area contributed by atoms with Gasteiger partial charge in [0.1, 0.15) is 30.1 Å². The second-order valence-corrected chi connectivity index (χ2v) is 7.30. The van der Waals surface area contributed by atoms with Crippen molar-refractivity contribution in [3.8, 4) is 5.75 Å². The second kappa shape index (κ2) is 9.63. The third-order valence-electron chi connectivity index (χ3n) is 5.32. The summed E-state index contributed by atoms with van der Waals surface area (Å²) in [6, 6.07) is 14.9. The topological polar surface area (TPSA) is 108 Å². The smallest absolute Gasteiger partial charge is 0.319 e. The van der Waals surface area contributed by atoms with Gasteiger partial charge in [0.25, 0.3) is 0 Å². The van der Waals surface area contributed by atoms with Gasteiger partial charge in [-0.15, -0.1) is 0 Å². The first-order chi connectivity index (χ1) is 15.1. The second-order valence-electron chi connectivity index (χ2n) is 7.30.